The summed E-state index contributed by atoms with van der Waals surface area (Å²) in [6.45, 7) is 4.31. The minimum absolute atomic E-state index is 0. The number of carbonyl (C=O) groups excluding carboxylic acids is 1. The first-order valence-electron chi connectivity index (χ1n) is 6.67. The summed E-state index contributed by atoms with van der Waals surface area (Å²) in [7, 11) is 0. The van der Waals surface area contributed by atoms with Crippen LogP contribution in [0.25, 0.3) is 0 Å². The molecule has 0 spiro atoms. The van der Waals surface area contributed by atoms with Gasteiger partial charge >= 0.3 is 0 Å². The zero-order valence-corrected chi connectivity index (χ0v) is 13.4. The van der Waals surface area contributed by atoms with Gasteiger partial charge in [-0.1, -0.05) is 6.92 Å². The van der Waals surface area contributed by atoms with E-state index in [2.05, 4.69) is 11.9 Å². The second kappa shape index (κ2) is 9.21. The topological polar surface area (TPSA) is 64.2 Å². The van der Waals surface area contributed by atoms with Crippen LogP contribution >= 0.6 is 24.8 Å². The van der Waals surface area contributed by atoms with Crippen molar-refractivity contribution >= 4 is 30.7 Å². The number of piperidine rings is 1. The molecule has 0 aliphatic carbocycles. The smallest absolute Gasteiger partial charge is 0.224 e. The first kappa shape index (κ1) is 19.2. The maximum absolute atomic E-state index is 12.2. The number of carbonyl (C=O) groups is 1. The zero-order chi connectivity index (χ0) is 13.0. The fourth-order valence-electron chi connectivity index (χ4n) is 2.71. The Morgan fingerprint density at radius 1 is 1.45 bits per heavy atom. The van der Waals surface area contributed by atoms with Gasteiger partial charge in [-0.3, -0.25) is 4.79 Å². The number of likely N-dealkylation sites (tertiary alicyclic amines) is 1. The van der Waals surface area contributed by atoms with E-state index >= 15 is 0 Å². The average Bonchev–Trinajstić information content (AvgIpc) is 2.88. The number of hydrogen-bond acceptors (Lipinski definition) is 3. The van der Waals surface area contributed by atoms with E-state index in [1.807, 2.05) is 15.7 Å². The number of aryl methyl sites for hydroxylation is 1. The first-order valence-corrected chi connectivity index (χ1v) is 6.67. The van der Waals surface area contributed by atoms with Gasteiger partial charge in [0.2, 0.25) is 5.91 Å². The fourth-order valence-corrected chi connectivity index (χ4v) is 2.71. The molecule has 116 valence electrons. The maximum Gasteiger partial charge on any atom is 0.224 e. The molecule has 0 bridgehead atoms. The Balaban J connectivity index is 0.00000180. The second-order valence-corrected chi connectivity index (χ2v) is 5.06. The van der Waals surface area contributed by atoms with Crippen molar-refractivity contribution < 1.29 is 4.79 Å². The lowest BCUT2D eigenvalue weighted by Gasteiger charge is -2.39. The Kier molecular flexibility index (Phi) is 8.85. The van der Waals surface area contributed by atoms with Crippen LogP contribution in [0.15, 0.2) is 18.7 Å². The van der Waals surface area contributed by atoms with Crippen molar-refractivity contribution in [1.29, 1.82) is 0 Å². The number of halogens is 2. The van der Waals surface area contributed by atoms with Crippen molar-refractivity contribution in [3.05, 3.63) is 18.7 Å². The predicted molar refractivity (Wildman–Crippen MR) is 84.3 cm³/mol. The standard InChI is InChI=1S/C13H22N4O.2ClH/c1-11-3-2-6-17(12(11)9-14)13(18)4-7-16-8-5-15-10-16;;/h5,8,10-12H,2-4,6-7,9,14H2,1H3;2*1H. The van der Waals surface area contributed by atoms with Crippen LogP contribution < -0.4 is 5.73 Å². The second-order valence-electron chi connectivity index (χ2n) is 5.06. The van der Waals surface area contributed by atoms with Crippen molar-refractivity contribution in [3.8, 4) is 0 Å². The van der Waals surface area contributed by atoms with Crippen molar-refractivity contribution in [2.75, 3.05) is 13.1 Å². The quantitative estimate of drug-likeness (QED) is 0.917. The van der Waals surface area contributed by atoms with Crippen LogP contribution in [0.1, 0.15) is 26.2 Å². The van der Waals surface area contributed by atoms with Crippen LogP contribution in [0.5, 0.6) is 0 Å². The highest BCUT2D eigenvalue weighted by Crippen LogP contribution is 2.23. The summed E-state index contributed by atoms with van der Waals surface area (Å²) in [5.74, 6) is 0.728. The monoisotopic (exact) mass is 322 g/mol. The van der Waals surface area contributed by atoms with E-state index in [4.69, 9.17) is 5.73 Å². The summed E-state index contributed by atoms with van der Waals surface area (Å²) in [4.78, 5) is 18.2. The Hall–Kier alpha value is -0.780. The predicted octanol–water partition coefficient (Wildman–Crippen LogP) is 1.70. The van der Waals surface area contributed by atoms with Gasteiger partial charge in [0.1, 0.15) is 0 Å². The van der Waals surface area contributed by atoms with Crippen molar-refractivity contribution in [2.24, 2.45) is 11.7 Å². The summed E-state index contributed by atoms with van der Waals surface area (Å²) in [5, 5.41) is 0. The molecule has 2 unspecified atom stereocenters. The van der Waals surface area contributed by atoms with Gasteiger partial charge in [-0.25, -0.2) is 4.98 Å². The van der Waals surface area contributed by atoms with Gasteiger partial charge in [-0.2, -0.15) is 0 Å². The van der Waals surface area contributed by atoms with Crippen LogP contribution in [0, 0.1) is 5.92 Å². The van der Waals surface area contributed by atoms with Crippen LogP contribution in [-0.4, -0.2) is 39.5 Å². The molecule has 1 aliphatic rings. The number of hydrogen-bond donors (Lipinski definition) is 1. The molecule has 1 fully saturated rings. The summed E-state index contributed by atoms with van der Waals surface area (Å²) in [5.41, 5.74) is 5.80. The molecule has 2 heterocycles. The van der Waals surface area contributed by atoms with Gasteiger partial charge in [-0.15, -0.1) is 24.8 Å². The average molecular weight is 323 g/mol. The fraction of sp³-hybridized carbons (Fsp3) is 0.692. The Morgan fingerprint density at radius 3 is 2.80 bits per heavy atom. The maximum atomic E-state index is 12.2. The third-order valence-electron chi connectivity index (χ3n) is 3.82. The lowest BCUT2D eigenvalue weighted by molar-refractivity contribution is -0.136. The molecule has 1 aromatic heterocycles. The first-order chi connectivity index (χ1) is 8.72. The molecule has 2 atom stereocenters. The van der Waals surface area contributed by atoms with E-state index in [-0.39, 0.29) is 36.8 Å². The molecule has 7 heteroatoms. The normalized spacial score (nSPS) is 21.8. The summed E-state index contributed by atoms with van der Waals surface area (Å²) in [6.07, 6.45) is 8.15. The lowest BCUT2D eigenvalue weighted by atomic mass is 9.90. The van der Waals surface area contributed by atoms with E-state index in [1.165, 1.54) is 6.42 Å². The molecular weight excluding hydrogens is 299 g/mol. The third kappa shape index (κ3) is 4.65. The Bertz CT molecular complexity index is 386. The van der Waals surface area contributed by atoms with Crippen LogP contribution in [0.3, 0.4) is 0 Å². The van der Waals surface area contributed by atoms with Crippen molar-refractivity contribution in [2.45, 2.75) is 38.8 Å². The largest absolute Gasteiger partial charge is 0.338 e. The summed E-state index contributed by atoms with van der Waals surface area (Å²) >= 11 is 0. The third-order valence-corrected chi connectivity index (χ3v) is 3.82. The highest BCUT2D eigenvalue weighted by molar-refractivity contribution is 5.85. The SMILES string of the molecule is CC1CCCN(C(=O)CCn2ccnc2)C1CN.Cl.Cl. The summed E-state index contributed by atoms with van der Waals surface area (Å²) < 4.78 is 1.93. The van der Waals surface area contributed by atoms with Gasteiger partial charge in [-0.05, 0) is 18.8 Å². The van der Waals surface area contributed by atoms with Gasteiger partial charge in [0.25, 0.3) is 0 Å². The minimum Gasteiger partial charge on any atom is -0.338 e. The van der Waals surface area contributed by atoms with Crippen molar-refractivity contribution in [1.82, 2.24) is 14.5 Å². The molecule has 1 aromatic rings. The van der Waals surface area contributed by atoms with Gasteiger partial charge in [0.15, 0.2) is 0 Å². The number of imidazole rings is 1. The number of nitrogens with two attached hydrogens (primary N) is 1. The van der Waals surface area contributed by atoms with Gasteiger partial charge in [0.05, 0.1) is 6.33 Å². The minimum atomic E-state index is 0. The Labute approximate surface area is 132 Å². The van der Waals surface area contributed by atoms with Crippen LogP contribution in [0.4, 0.5) is 0 Å². The summed E-state index contributed by atoms with van der Waals surface area (Å²) in [6, 6.07) is 0.217. The van der Waals surface area contributed by atoms with Crippen molar-refractivity contribution in [3.63, 3.8) is 0 Å². The molecule has 1 aliphatic heterocycles. The molecule has 2 rings (SSSR count). The number of amides is 1. The van der Waals surface area contributed by atoms with E-state index in [1.54, 1.807) is 12.5 Å². The molecule has 0 saturated carbocycles. The van der Waals surface area contributed by atoms with E-state index in [9.17, 15) is 4.79 Å². The van der Waals surface area contributed by atoms with E-state index < -0.39 is 0 Å². The molecule has 1 saturated heterocycles. The van der Waals surface area contributed by atoms with E-state index in [0.29, 0.717) is 25.4 Å². The highest BCUT2D eigenvalue weighted by atomic mass is 35.5. The highest BCUT2D eigenvalue weighted by Gasteiger charge is 2.30. The zero-order valence-electron chi connectivity index (χ0n) is 11.8. The molecule has 1 amide bonds. The number of nitrogens with zero attached hydrogens (tertiary/aromatic N) is 3. The Morgan fingerprint density at radius 2 is 2.20 bits per heavy atom. The molecule has 0 radical (unpaired) electrons. The molecule has 5 nitrogen and oxygen atoms in total. The van der Waals surface area contributed by atoms with Crippen LogP contribution in [0.2, 0.25) is 0 Å². The number of rotatable bonds is 4. The molecule has 20 heavy (non-hydrogen) atoms. The molecule has 0 aromatic carbocycles. The van der Waals surface area contributed by atoms with Gasteiger partial charge in [0, 0.05) is 44.5 Å². The number of aromatic nitrogens is 2. The molecular formula is C13H24Cl2N4O. The van der Waals surface area contributed by atoms with Crippen LogP contribution in [-0.2, 0) is 11.3 Å². The van der Waals surface area contributed by atoms with E-state index in [0.717, 1.165) is 13.0 Å². The van der Waals surface area contributed by atoms with Gasteiger partial charge < -0.3 is 15.2 Å². The lowest BCUT2D eigenvalue weighted by Crippen LogP contribution is -2.51. The molecule has 2 N–H and O–H groups in total.